The van der Waals surface area contributed by atoms with E-state index in [9.17, 15) is 9.90 Å². The molecule has 0 unspecified atom stereocenters. The van der Waals surface area contributed by atoms with E-state index in [-0.39, 0.29) is 12.6 Å². The fourth-order valence-electron chi connectivity index (χ4n) is 2.50. The van der Waals surface area contributed by atoms with E-state index in [4.69, 9.17) is 4.74 Å². The van der Waals surface area contributed by atoms with Crippen LogP contribution in [-0.4, -0.2) is 27.9 Å². The Morgan fingerprint density at radius 2 is 2.05 bits per heavy atom. The second-order valence-electron chi connectivity index (χ2n) is 5.92. The van der Waals surface area contributed by atoms with Gasteiger partial charge in [-0.15, -0.1) is 0 Å². The summed E-state index contributed by atoms with van der Waals surface area (Å²) in [6.07, 6.45) is 2.46. The Morgan fingerprint density at radius 3 is 2.68 bits per heavy atom. The number of aromatic nitrogens is 2. The van der Waals surface area contributed by atoms with Gasteiger partial charge < -0.3 is 9.84 Å². The molecule has 5 heteroatoms. The highest BCUT2D eigenvalue weighted by Gasteiger charge is 2.18. The quantitative estimate of drug-likeness (QED) is 0.860. The Hall–Kier alpha value is -2.01. The maximum atomic E-state index is 12.4. The van der Waals surface area contributed by atoms with Crippen molar-refractivity contribution in [3.8, 4) is 0 Å². The fourth-order valence-corrected chi connectivity index (χ4v) is 2.50. The van der Waals surface area contributed by atoms with Crippen LogP contribution in [0, 0.1) is 19.8 Å². The van der Waals surface area contributed by atoms with E-state index in [1.807, 2.05) is 19.9 Å². The number of carbonyl (C=O) groups excluding carboxylic acids is 1. The topological polar surface area (TPSA) is 72.3 Å². The molecule has 0 bridgehead atoms. The molecule has 0 saturated carbocycles. The number of aliphatic hydroxyl groups is 1. The molecule has 2 aromatic rings. The highest BCUT2D eigenvalue weighted by atomic mass is 16.5. The van der Waals surface area contributed by atoms with E-state index in [1.54, 1.807) is 6.20 Å². The number of benzene rings is 1. The third kappa shape index (κ3) is 3.25. The van der Waals surface area contributed by atoms with Crippen molar-refractivity contribution < 1.29 is 14.6 Å². The van der Waals surface area contributed by atoms with Crippen molar-refractivity contribution in [3.63, 3.8) is 0 Å². The van der Waals surface area contributed by atoms with Crippen LogP contribution in [0.4, 0.5) is 0 Å². The maximum absolute atomic E-state index is 12.4. The third-order valence-corrected chi connectivity index (χ3v) is 3.78. The van der Waals surface area contributed by atoms with Crippen LogP contribution in [0.15, 0.2) is 12.3 Å². The Bertz CT molecular complexity index is 696. The molecule has 0 spiro atoms. The number of aryl methyl sites for hydroxylation is 2. The SMILES string of the molecule is Cc1cc2c(CO)nncc2c(C)c1C(=O)OCCC(C)C. The van der Waals surface area contributed by atoms with E-state index in [1.165, 1.54) is 0 Å². The minimum absolute atomic E-state index is 0.179. The monoisotopic (exact) mass is 302 g/mol. The van der Waals surface area contributed by atoms with Crippen molar-refractivity contribution in [1.82, 2.24) is 10.2 Å². The average Bonchev–Trinajstić information content (AvgIpc) is 2.46. The van der Waals surface area contributed by atoms with Crippen LogP contribution >= 0.6 is 0 Å². The summed E-state index contributed by atoms with van der Waals surface area (Å²) in [5.74, 6) is 0.189. The molecule has 0 fully saturated rings. The molecule has 0 aliphatic heterocycles. The van der Waals surface area contributed by atoms with Crippen molar-refractivity contribution in [1.29, 1.82) is 0 Å². The third-order valence-electron chi connectivity index (χ3n) is 3.78. The predicted octanol–water partition coefficient (Wildman–Crippen LogP) is 2.94. The molecule has 5 nitrogen and oxygen atoms in total. The Labute approximate surface area is 130 Å². The summed E-state index contributed by atoms with van der Waals surface area (Å²) >= 11 is 0. The van der Waals surface area contributed by atoms with Gasteiger partial charge in [-0.2, -0.15) is 10.2 Å². The molecule has 0 aliphatic carbocycles. The van der Waals surface area contributed by atoms with Crippen molar-refractivity contribution in [2.45, 2.75) is 40.7 Å². The van der Waals surface area contributed by atoms with Gasteiger partial charge in [-0.05, 0) is 43.4 Å². The van der Waals surface area contributed by atoms with Gasteiger partial charge in [-0.3, -0.25) is 0 Å². The zero-order valence-corrected chi connectivity index (χ0v) is 13.5. The summed E-state index contributed by atoms with van der Waals surface area (Å²) < 4.78 is 5.38. The van der Waals surface area contributed by atoms with Crippen molar-refractivity contribution in [2.75, 3.05) is 6.61 Å². The number of aliphatic hydroxyl groups excluding tert-OH is 1. The first-order valence-corrected chi connectivity index (χ1v) is 7.48. The van der Waals surface area contributed by atoms with Crippen LogP contribution in [0.5, 0.6) is 0 Å². The molecule has 1 heterocycles. The number of esters is 1. The normalized spacial score (nSPS) is 11.2. The minimum atomic E-state index is -0.306. The van der Waals surface area contributed by atoms with Crippen LogP contribution in [-0.2, 0) is 11.3 Å². The molecule has 2 rings (SSSR count). The van der Waals surface area contributed by atoms with Crippen LogP contribution in [0.2, 0.25) is 0 Å². The summed E-state index contributed by atoms with van der Waals surface area (Å²) in [5.41, 5.74) is 2.73. The van der Waals surface area contributed by atoms with Gasteiger partial charge in [-0.1, -0.05) is 13.8 Å². The van der Waals surface area contributed by atoms with Crippen LogP contribution in [0.3, 0.4) is 0 Å². The lowest BCUT2D eigenvalue weighted by Crippen LogP contribution is -2.12. The zero-order chi connectivity index (χ0) is 16.3. The number of rotatable bonds is 5. The fraction of sp³-hybridized carbons (Fsp3) is 0.471. The molecule has 0 amide bonds. The molecule has 22 heavy (non-hydrogen) atoms. The summed E-state index contributed by atoms with van der Waals surface area (Å²) in [5, 5.41) is 18.8. The molecule has 1 N–H and O–H groups in total. The lowest BCUT2D eigenvalue weighted by molar-refractivity contribution is 0.0486. The lowest BCUT2D eigenvalue weighted by atomic mass is 9.96. The first kappa shape index (κ1) is 16.4. The van der Waals surface area contributed by atoms with Gasteiger partial charge in [0.2, 0.25) is 0 Å². The maximum Gasteiger partial charge on any atom is 0.338 e. The number of nitrogens with zero attached hydrogens (tertiary/aromatic N) is 2. The lowest BCUT2D eigenvalue weighted by Gasteiger charge is -2.14. The largest absolute Gasteiger partial charge is 0.462 e. The van der Waals surface area contributed by atoms with E-state index in [2.05, 4.69) is 24.0 Å². The molecular weight excluding hydrogens is 280 g/mol. The first-order valence-electron chi connectivity index (χ1n) is 7.48. The van der Waals surface area contributed by atoms with Crippen molar-refractivity contribution >= 4 is 16.7 Å². The van der Waals surface area contributed by atoms with Crippen LogP contribution in [0.25, 0.3) is 10.8 Å². The number of carbonyl (C=O) groups is 1. The number of hydrogen-bond acceptors (Lipinski definition) is 5. The summed E-state index contributed by atoms with van der Waals surface area (Å²) in [7, 11) is 0. The van der Waals surface area contributed by atoms with Gasteiger partial charge in [0, 0.05) is 10.8 Å². The van der Waals surface area contributed by atoms with Crippen molar-refractivity contribution in [3.05, 3.63) is 34.6 Å². The van der Waals surface area contributed by atoms with E-state index in [0.717, 1.165) is 28.3 Å². The van der Waals surface area contributed by atoms with E-state index >= 15 is 0 Å². The van der Waals surface area contributed by atoms with Crippen LogP contribution < -0.4 is 0 Å². The van der Waals surface area contributed by atoms with Crippen molar-refractivity contribution in [2.24, 2.45) is 5.92 Å². The second-order valence-corrected chi connectivity index (χ2v) is 5.92. The van der Waals surface area contributed by atoms with E-state index < -0.39 is 0 Å². The summed E-state index contributed by atoms with van der Waals surface area (Å²) in [6, 6.07) is 1.86. The Balaban J connectivity index is 2.40. The van der Waals surface area contributed by atoms with Gasteiger partial charge in [0.1, 0.15) is 0 Å². The molecule has 118 valence electrons. The number of ether oxygens (including phenoxy) is 1. The predicted molar refractivity (Wildman–Crippen MR) is 84.7 cm³/mol. The number of fused-ring (bicyclic) bond motifs is 1. The van der Waals surface area contributed by atoms with Gasteiger partial charge in [0.15, 0.2) is 0 Å². The molecule has 1 aromatic heterocycles. The second kappa shape index (κ2) is 6.83. The first-order chi connectivity index (χ1) is 10.5. The zero-order valence-electron chi connectivity index (χ0n) is 13.5. The van der Waals surface area contributed by atoms with Gasteiger partial charge in [0.25, 0.3) is 0 Å². The molecule has 0 saturated heterocycles. The van der Waals surface area contributed by atoms with Gasteiger partial charge >= 0.3 is 5.97 Å². The summed E-state index contributed by atoms with van der Waals surface area (Å²) in [4.78, 5) is 12.4. The molecule has 1 aromatic carbocycles. The number of hydrogen-bond donors (Lipinski definition) is 1. The molecule has 0 aliphatic rings. The van der Waals surface area contributed by atoms with Crippen LogP contribution in [0.1, 0.15) is 47.4 Å². The van der Waals surface area contributed by atoms with Gasteiger partial charge in [-0.25, -0.2) is 4.79 Å². The average molecular weight is 302 g/mol. The minimum Gasteiger partial charge on any atom is -0.462 e. The smallest absolute Gasteiger partial charge is 0.338 e. The Morgan fingerprint density at radius 1 is 1.32 bits per heavy atom. The Kier molecular flexibility index (Phi) is 5.08. The standard InChI is InChI=1S/C17H22N2O3/c1-10(2)5-6-22-17(21)16-11(3)7-13-14(12(16)4)8-18-19-15(13)9-20/h7-8,10,20H,5-6,9H2,1-4H3. The van der Waals surface area contributed by atoms with Gasteiger partial charge in [0.05, 0.1) is 30.7 Å². The molecule has 0 atom stereocenters. The molecule has 0 radical (unpaired) electrons. The highest BCUT2D eigenvalue weighted by Crippen LogP contribution is 2.27. The molecular formula is C17H22N2O3. The summed E-state index contributed by atoms with van der Waals surface area (Å²) in [6.45, 7) is 8.17. The van der Waals surface area contributed by atoms with E-state index in [0.29, 0.717) is 23.8 Å². The highest BCUT2D eigenvalue weighted by molar-refractivity contribution is 6.00.